The third-order valence-corrected chi connectivity index (χ3v) is 1.70. The van der Waals surface area contributed by atoms with Gasteiger partial charge in [0.1, 0.15) is 11.7 Å². The molecular weight excluding hydrogens is 143 g/mol. The third-order valence-electron chi connectivity index (χ3n) is 1.70. The number of nitrogens with zero attached hydrogens (tertiary/aromatic N) is 2. The fraction of sp³-hybridized carbons (Fsp3) is 0.125. The van der Waals surface area contributed by atoms with Gasteiger partial charge >= 0.3 is 0 Å². The van der Waals surface area contributed by atoms with E-state index < -0.39 is 0 Å². The van der Waals surface area contributed by atoms with Gasteiger partial charge in [0.05, 0.1) is 0 Å². The SMILES string of the molecule is Cc1cccc2c1[c]nn2F. The van der Waals surface area contributed by atoms with Crippen LogP contribution in [0.3, 0.4) is 0 Å². The van der Waals surface area contributed by atoms with Crippen LogP contribution in [0.2, 0.25) is 0 Å². The molecule has 1 heterocycles. The Morgan fingerprint density at radius 3 is 3.09 bits per heavy atom. The lowest BCUT2D eigenvalue weighted by molar-refractivity contribution is 0.332. The Morgan fingerprint density at radius 2 is 2.36 bits per heavy atom. The van der Waals surface area contributed by atoms with Gasteiger partial charge in [-0.3, -0.25) is 0 Å². The van der Waals surface area contributed by atoms with Crippen molar-refractivity contribution in [3.63, 3.8) is 0 Å². The molecule has 0 bridgehead atoms. The molecule has 2 rings (SSSR count). The minimum atomic E-state index is 0.336. The van der Waals surface area contributed by atoms with Crippen molar-refractivity contribution in [2.75, 3.05) is 0 Å². The Hall–Kier alpha value is -1.38. The van der Waals surface area contributed by atoms with Crippen LogP contribution >= 0.6 is 0 Å². The molecule has 0 fully saturated rings. The highest BCUT2D eigenvalue weighted by atomic mass is 19.2. The van der Waals surface area contributed by atoms with E-state index in [-0.39, 0.29) is 0 Å². The average Bonchev–Trinajstić information content (AvgIpc) is 2.35. The first kappa shape index (κ1) is 6.34. The van der Waals surface area contributed by atoms with Crippen LogP contribution in [0.15, 0.2) is 18.2 Å². The van der Waals surface area contributed by atoms with Crippen molar-refractivity contribution in [2.24, 2.45) is 0 Å². The third kappa shape index (κ3) is 0.808. The van der Waals surface area contributed by atoms with Crippen molar-refractivity contribution in [3.05, 3.63) is 30.0 Å². The molecule has 2 aromatic rings. The first-order chi connectivity index (χ1) is 5.29. The predicted molar refractivity (Wildman–Crippen MR) is 39.8 cm³/mol. The fourth-order valence-corrected chi connectivity index (χ4v) is 1.10. The maximum atomic E-state index is 12.7. The van der Waals surface area contributed by atoms with Crippen LogP contribution in [0.1, 0.15) is 5.56 Å². The maximum Gasteiger partial charge on any atom is 0.124 e. The molecule has 55 valence electrons. The van der Waals surface area contributed by atoms with Gasteiger partial charge in [0.25, 0.3) is 0 Å². The highest BCUT2D eigenvalue weighted by molar-refractivity contribution is 5.80. The van der Waals surface area contributed by atoms with Crippen molar-refractivity contribution >= 4 is 10.9 Å². The summed E-state index contributed by atoms with van der Waals surface area (Å²) in [5, 5.41) is 4.13. The van der Waals surface area contributed by atoms with Crippen LogP contribution in [-0.4, -0.2) is 10.0 Å². The van der Waals surface area contributed by atoms with Crippen LogP contribution in [0.25, 0.3) is 10.9 Å². The summed E-state index contributed by atoms with van der Waals surface area (Å²) in [6.45, 7) is 1.90. The molecule has 1 aromatic carbocycles. The molecule has 0 N–H and O–H groups in total. The van der Waals surface area contributed by atoms with E-state index in [2.05, 4.69) is 11.3 Å². The molecule has 0 amide bonds. The number of aromatic nitrogens is 2. The van der Waals surface area contributed by atoms with Gasteiger partial charge in [-0.1, -0.05) is 21.5 Å². The zero-order valence-corrected chi connectivity index (χ0v) is 6.00. The minimum absolute atomic E-state index is 0.336. The van der Waals surface area contributed by atoms with Crippen molar-refractivity contribution in [1.82, 2.24) is 10.0 Å². The number of hydrogen-bond donors (Lipinski definition) is 0. The molecule has 0 spiro atoms. The number of rotatable bonds is 0. The van der Waals surface area contributed by atoms with Crippen molar-refractivity contribution < 1.29 is 4.48 Å². The monoisotopic (exact) mass is 149 g/mol. The van der Waals surface area contributed by atoms with E-state index in [1.807, 2.05) is 13.0 Å². The Kier molecular flexibility index (Phi) is 1.18. The molecule has 11 heavy (non-hydrogen) atoms. The van der Waals surface area contributed by atoms with Gasteiger partial charge in [-0.2, -0.15) is 0 Å². The van der Waals surface area contributed by atoms with Crippen LogP contribution in [0.4, 0.5) is 4.48 Å². The summed E-state index contributed by atoms with van der Waals surface area (Å²) >= 11 is 0. The molecule has 1 radical (unpaired) electrons. The largest absolute Gasteiger partial charge is 0.139 e. The van der Waals surface area contributed by atoms with E-state index in [0.29, 0.717) is 10.4 Å². The Morgan fingerprint density at radius 1 is 1.55 bits per heavy atom. The smallest absolute Gasteiger partial charge is 0.124 e. The second-order valence-corrected chi connectivity index (χ2v) is 2.44. The summed E-state index contributed by atoms with van der Waals surface area (Å²) in [6, 6.07) is 5.37. The van der Waals surface area contributed by atoms with Gasteiger partial charge in [0.2, 0.25) is 0 Å². The molecule has 0 aliphatic carbocycles. The van der Waals surface area contributed by atoms with Crippen LogP contribution in [-0.2, 0) is 0 Å². The van der Waals surface area contributed by atoms with E-state index in [9.17, 15) is 4.48 Å². The van der Waals surface area contributed by atoms with E-state index in [1.54, 1.807) is 12.1 Å². The van der Waals surface area contributed by atoms with E-state index in [0.717, 1.165) is 10.9 Å². The first-order valence-corrected chi connectivity index (χ1v) is 3.31. The second-order valence-electron chi connectivity index (χ2n) is 2.44. The lowest BCUT2D eigenvalue weighted by atomic mass is 10.1. The minimum Gasteiger partial charge on any atom is -0.139 e. The lowest BCUT2D eigenvalue weighted by Gasteiger charge is -1.91. The van der Waals surface area contributed by atoms with Crippen LogP contribution in [0, 0.1) is 13.1 Å². The average molecular weight is 149 g/mol. The molecule has 3 heteroatoms. The zero-order valence-electron chi connectivity index (χ0n) is 6.00. The Bertz CT molecular complexity index is 392. The van der Waals surface area contributed by atoms with E-state index in [1.165, 1.54) is 0 Å². The van der Waals surface area contributed by atoms with Gasteiger partial charge in [0.15, 0.2) is 0 Å². The fourth-order valence-electron chi connectivity index (χ4n) is 1.10. The molecule has 0 saturated carbocycles. The molecule has 2 nitrogen and oxygen atoms in total. The van der Waals surface area contributed by atoms with Crippen LogP contribution in [0.5, 0.6) is 0 Å². The van der Waals surface area contributed by atoms with E-state index >= 15 is 0 Å². The summed E-state index contributed by atoms with van der Waals surface area (Å²) < 4.78 is 12.7. The number of halogens is 1. The molecule has 0 atom stereocenters. The molecule has 0 saturated heterocycles. The van der Waals surface area contributed by atoms with Gasteiger partial charge in [-0.15, -0.1) is 5.10 Å². The molecule has 1 aromatic heterocycles. The van der Waals surface area contributed by atoms with Crippen molar-refractivity contribution in [2.45, 2.75) is 6.92 Å². The summed E-state index contributed by atoms with van der Waals surface area (Å²) in [5.41, 5.74) is 1.47. The maximum absolute atomic E-state index is 12.7. The van der Waals surface area contributed by atoms with Gasteiger partial charge in [-0.25, -0.2) is 0 Å². The molecule has 0 aliphatic heterocycles. The van der Waals surface area contributed by atoms with Crippen LogP contribution < -0.4 is 0 Å². The molecule has 0 unspecified atom stereocenters. The van der Waals surface area contributed by atoms with E-state index in [4.69, 9.17) is 0 Å². The lowest BCUT2D eigenvalue weighted by Crippen LogP contribution is -1.81. The number of hydrogen-bond acceptors (Lipinski definition) is 1. The number of aryl methyl sites for hydroxylation is 1. The van der Waals surface area contributed by atoms with Crippen molar-refractivity contribution in [1.29, 1.82) is 0 Å². The number of benzene rings is 1. The Labute approximate surface area is 63.2 Å². The second kappa shape index (κ2) is 2.05. The van der Waals surface area contributed by atoms with Crippen molar-refractivity contribution in [3.8, 4) is 0 Å². The van der Waals surface area contributed by atoms with Gasteiger partial charge in [-0.05, 0) is 18.6 Å². The standard InChI is InChI=1S/C8H6FN2/c1-6-3-2-4-8-7(6)5-10-11(8)9/h2-4H,1H3. The predicted octanol–water partition coefficient (Wildman–Crippen LogP) is 1.88. The summed E-state index contributed by atoms with van der Waals surface area (Å²) in [5.74, 6) is 0. The van der Waals surface area contributed by atoms with Gasteiger partial charge < -0.3 is 0 Å². The zero-order chi connectivity index (χ0) is 7.84. The van der Waals surface area contributed by atoms with Gasteiger partial charge in [0, 0.05) is 5.39 Å². The summed E-state index contributed by atoms with van der Waals surface area (Å²) in [4.78, 5) is 0.336. The summed E-state index contributed by atoms with van der Waals surface area (Å²) in [6.07, 6.45) is 2.59. The highest BCUT2D eigenvalue weighted by Gasteiger charge is 2.02. The highest BCUT2D eigenvalue weighted by Crippen LogP contribution is 2.16. The Balaban J connectivity index is 2.94. The quantitative estimate of drug-likeness (QED) is 0.559. The molecule has 0 aliphatic rings. The normalized spacial score (nSPS) is 10.7. The summed E-state index contributed by atoms with van der Waals surface area (Å²) in [7, 11) is 0. The molecular formula is C8H6FN2. The first-order valence-electron chi connectivity index (χ1n) is 3.31. The topological polar surface area (TPSA) is 17.8 Å². The number of fused-ring (bicyclic) bond motifs is 1.